The molecule has 4 rings (SSSR count). The number of nitrogens with zero attached hydrogens (tertiary/aromatic N) is 1. The Kier molecular flexibility index (Phi) is 7.33. The molecule has 0 spiro atoms. The van der Waals surface area contributed by atoms with E-state index in [9.17, 15) is 14.9 Å². The molecule has 8 heteroatoms. The predicted octanol–water partition coefficient (Wildman–Crippen LogP) is 5.42. The number of carbonyl (C=O) groups is 2. The van der Waals surface area contributed by atoms with Crippen LogP contribution in [0.2, 0.25) is 0 Å². The molecule has 34 heavy (non-hydrogen) atoms. The van der Waals surface area contributed by atoms with Crippen LogP contribution in [-0.4, -0.2) is 23.1 Å². The number of benzene rings is 1. The summed E-state index contributed by atoms with van der Waals surface area (Å²) in [6, 6.07) is 15.8. The molecule has 2 amide bonds. The number of nitrogens with one attached hydrogen (secondary N) is 3. The summed E-state index contributed by atoms with van der Waals surface area (Å²) in [7, 11) is 0. The average Bonchev–Trinajstić information content (AvgIpc) is 3.47. The molecule has 3 N–H and O–H groups in total. The molecule has 0 radical (unpaired) electrons. The van der Waals surface area contributed by atoms with Gasteiger partial charge < -0.3 is 20.4 Å². The molecule has 1 aromatic carbocycles. The first kappa shape index (κ1) is 23.6. The summed E-state index contributed by atoms with van der Waals surface area (Å²) in [4.78, 5) is 29.1. The number of rotatable bonds is 7. The second-order valence-corrected chi connectivity index (χ2v) is 9.75. The highest BCUT2D eigenvalue weighted by atomic mass is 32.1. The number of nitriles is 1. The number of H-pyrrole nitrogens is 1. The molecule has 0 saturated heterocycles. The van der Waals surface area contributed by atoms with Gasteiger partial charge in [0, 0.05) is 29.6 Å². The number of hydrogen-bond donors (Lipinski definition) is 3. The van der Waals surface area contributed by atoms with Crippen molar-refractivity contribution < 1.29 is 14.3 Å². The van der Waals surface area contributed by atoms with Crippen LogP contribution in [0.5, 0.6) is 0 Å². The smallest absolute Gasteiger partial charge is 0.407 e. The summed E-state index contributed by atoms with van der Waals surface area (Å²) in [6.07, 6.45) is 3.23. The van der Waals surface area contributed by atoms with E-state index in [0.717, 1.165) is 21.7 Å². The first-order valence-electron chi connectivity index (χ1n) is 11.4. The molecule has 7 nitrogen and oxygen atoms in total. The largest absolute Gasteiger partial charge is 0.446 e. The molecule has 1 aliphatic carbocycles. The zero-order chi connectivity index (χ0) is 24.1. The highest BCUT2D eigenvalue weighted by molar-refractivity contribution is 7.16. The van der Waals surface area contributed by atoms with Crippen molar-refractivity contribution in [2.45, 2.75) is 57.6 Å². The van der Waals surface area contributed by atoms with Crippen molar-refractivity contribution in [3.8, 4) is 6.07 Å². The summed E-state index contributed by atoms with van der Waals surface area (Å²) in [5.41, 5.74) is 3.50. The van der Waals surface area contributed by atoms with Gasteiger partial charge in [-0.25, -0.2) is 4.79 Å². The number of aromatic amines is 1. The summed E-state index contributed by atoms with van der Waals surface area (Å²) < 4.78 is 5.65. The third kappa shape index (κ3) is 5.49. The predicted molar refractivity (Wildman–Crippen MR) is 132 cm³/mol. The van der Waals surface area contributed by atoms with Gasteiger partial charge in [-0.2, -0.15) is 5.26 Å². The molecule has 0 saturated carbocycles. The third-order valence-electron chi connectivity index (χ3n) is 6.14. The fraction of sp³-hybridized carbons (Fsp3) is 0.346. The summed E-state index contributed by atoms with van der Waals surface area (Å²) in [6.45, 7) is 3.90. The summed E-state index contributed by atoms with van der Waals surface area (Å²) >= 11 is 1.41. The SMILES string of the molecule is CC(CC(=O)Nc1sc2c(c1C#N)CCC(OC(=O)NC(C)c1ccc[nH]1)C2)c1ccccc1. The van der Waals surface area contributed by atoms with Crippen LogP contribution in [0.4, 0.5) is 9.80 Å². The quantitative estimate of drug-likeness (QED) is 0.423. The molecule has 176 valence electrons. The van der Waals surface area contributed by atoms with Crippen LogP contribution < -0.4 is 10.6 Å². The van der Waals surface area contributed by atoms with Crippen molar-refractivity contribution >= 4 is 28.3 Å². The molecular formula is C26H28N4O3S. The van der Waals surface area contributed by atoms with Crippen LogP contribution in [0.1, 0.15) is 65.9 Å². The van der Waals surface area contributed by atoms with Gasteiger partial charge in [0.1, 0.15) is 17.2 Å². The van der Waals surface area contributed by atoms with Crippen molar-refractivity contribution in [2.75, 3.05) is 5.32 Å². The normalized spacial score (nSPS) is 16.6. The van der Waals surface area contributed by atoms with E-state index in [0.29, 0.717) is 36.2 Å². The lowest BCUT2D eigenvalue weighted by Crippen LogP contribution is -2.33. The van der Waals surface area contributed by atoms with E-state index in [2.05, 4.69) is 21.7 Å². The highest BCUT2D eigenvalue weighted by Crippen LogP contribution is 2.38. The first-order valence-corrected chi connectivity index (χ1v) is 12.3. The van der Waals surface area contributed by atoms with Crippen LogP contribution in [0.3, 0.4) is 0 Å². The minimum atomic E-state index is -0.462. The molecule has 0 bridgehead atoms. The van der Waals surface area contributed by atoms with Gasteiger partial charge in [-0.15, -0.1) is 11.3 Å². The van der Waals surface area contributed by atoms with Crippen molar-refractivity contribution in [3.05, 3.63) is 75.9 Å². The average molecular weight is 477 g/mol. The Morgan fingerprint density at radius 2 is 2.03 bits per heavy atom. The number of anilines is 1. The van der Waals surface area contributed by atoms with Gasteiger partial charge in [0.15, 0.2) is 0 Å². The minimum Gasteiger partial charge on any atom is -0.446 e. The summed E-state index contributed by atoms with van der Waals surface area (Å²) in [5.74, 6) is -0.0390. The van der Waals surface area contributed by atoms with Gasteiger partial charge in [-0.3, -0.25) is 4.79 Å². The molecule has 2 aromatic heterocycles. The van der Waals surface area contributed by atoms with Crippen molar-refractivity contribution in [1.82, 2.24) is 10.3 Å². The number of carbonyl (C=O) groups excluding carboxylic acids is 2. The maximum Gasteiger partial charge on any atom is 0.407 e. The monoisotopic (exact) mass is 476 g/mol. The van der Waals surface area contributed by atoms with E-state index in [1.807, 2.05) is 62.5 Å². The number of hydrogen-bond acceptors (Lipinski definition) is 5. The molecule has 3 unspecified atom stereocenters. The molecule has 1 aliphatic rings. The maximum atomic E-state index is 12.7. The molecule has 2 heterocycles. The Balaban J connectivity index is 1.36. The Morgan fingerprint density at radius 1 is 1.24 bits per heavy atom. The van der Waals surface area contributed by atoms with Gasteiger partial charge in [0.05, 0.1) is 11.6 Å². The van der Waals surface area contributed by atoms with Crippen molar-refractivity contribution in [2.24, 2.45) is 0 Å². The zero-order valence-corrected chi connectivity index (χ0v) is 20.1. The summed E-state index contributed by atoms with van der Waals surface area (Å²) in [5, 5.41) is 16.1. The van der Waals surface area contributed by atoms with Crippen LogP contribution >= 0.6 is 11.3 Å². The Hall–Kier alpha value is -3.57. The fourth-order valence-corrected chi connectivity index (χ4v) is 5.55. The van der Waals surface area contributed by atoms with E-state index >= 15 is 0 Å². The topological polar surface area (TPSA) is 107 Å². The van der Waals surface area contributed by atoms with Crippen molar-refractivity contribution in [1.29, 1.82) is 5.26 Å². The first-order chi connectivity index (χ1) is 16.4. The van der Waals surface area contributed by atoms with Gasteiger partial charge in [0.25, 0.3) is 0 Å². The Morgan fingerprint density at radius 3 is 2.74 bits per heavy atom. The number of alkyl carbamates (subject to hydrolysis) is 1. The lowest BCUT2D eigenvalue weighted by molar-refractivity contribution is -0.116. The molecule has 0 fully saturated rings. The van der Waals surface area contributed by atoms with Crippen LogP contribution in [-0.2, 0) is 22.4 Å². The minimum absolute atomic E-state index is 0.0750. The second-order valence-electron chi connectivity index (χ2n) is 8.65. The molecule has 3 atom stereocenters. The number of ether oxygens (including phenoxy) is 1. The maximum absolute atomic E-state index is 12.7. The van der Waals surface area contributed by atoms with E-state index in [1.165, 1.54) is 11.3 Å². The van der Waals surface area contributed by atoms with Crippen LogP contribution in [0, 0.1) is 11.3 Å². The van der Waals surface area contributed by atoms with E-state index in [4.69, 9.17) is 4.74 Å². The Labute approximate surface area is 203 Å². The van der Waals surface area contributed by atoms with Gasteiger partial charge in [-0.1, -0.05) is 37.3 Å². The zero-order valence-electron chi connectivity index (χ0n) is 19.3. The van der Waals surface area contributed by atoms with E-state index in [1.54, 1.807) is 0 Å². The molecule has 3 aromatic rings. The lowest BCUT2D eigenvalue weighted by Gasteiger charge is -2.23. The Bertz CT molecular complexity index is 1180. The molecule has 0 aliphatic heterocycles. The third-order valence-corrected chi connectivity index (χ3v) is 7.31. The number of thiophene rings is 1. The van der Waals surface area contributed by atoms with Gasteiger partial charge in [0.2, 0.25) is 5.91 Å². The fourth-order valence-electron chi connectivity index (χ4n) is 4.27. The second kappa shape index (κ2) is 10.6. The highest BCUT2D eigenvalue weighted by Gasteiger charge is 2.29. The number of amides is 2. The van der Waals surface area contributed by atoms with E-state index < -0.39 is 6.09 Å². The number of fused-ring (bicyclic) bond motifs is 1. The van der Waals surface area contributed by atoms with Crippen LogP contribution in [0.25, 0.3) is 0 Å². The van der Waals surface area contributed by atoms with Gasteiger partial charge in [-0.05, 0) is 48.9 Å². The van der Waals surface area contributed by atoms with Gasteiger partial charge >= 0.3 is 6.09 Å². The lowest BCUT2D eigenvalue weighted by atomic mass is 9.93. The number of aromatic nitrogens is 1. The molecular weight excluding hydrogens is 448 g/mol. The van der Waals surface area contributed by atoms with Crippen LogP contribution in [0.15, 0.2) is 48.7 Å². The van der Waals surface area contributed by atoms with E-state index in [-0.39, 0.29) is 24.0 Å². The standard InChI is InChI=1S/C26H28N4O3S/c1-16(18-7-4-3-5-8-18)13-24(31)30-25-21(15-27)20-11-10-19(14-23(20)34-25)33-26(32)29-17(2)22-9-6-12-28-22/h3-9,12,16-17,19,28H,10-11,13-14H2,1-2H3,(H,29,32)(H,30,31). The van der Waals surface area contributed by atoms with Crippen molar-refractivity contribution in [3.63, 3.8) is 0 Å².